The molecule has 0 bridgehead atoms. The Morgan fingerprint density at radius 3 is 2.53 bits per heavy atom. The standard InChI is InChI=1S/C24H23F3N2O3/c1-2-28(23(32)15-5-6-15)13-18-11-19(24(25,26)27)7-8-20(18)17-10-16(12-22(30)31)21-4-3-9-29(21)14-17/h3-4,7-11,14-15H,2,5-6,12-13H2,1H3,(H,30,31). The van der Waals surface area contributed by atoms with Gasteiger partial charge in [-0.15, -0.1) is 0 Å². The van der Waals surface area contributed by atoms with E-state index in [0.29, 0.717) is 28.8 Å². The highest BCUT2D eigenvalue weighted by Crippen LogP contribution is 2.36. The highest BCUT2D eigenvalue weighted by atomic mass is 19.4. The molecule has 1 saturated carbocycles. The van der Waals surface area contributed by atoms with Gasteiger partial charge in [-0.25, -0.2) is 0 Å². The van der Waals surface area contributed by atoms with E-state index in [4.69, 9.17) is 0 Å². The molecule has 0 spiro atoms. The summed E-state index contributed by atoms with van der Waals surface area (Å²) in [4.78, 5) is 25.6. The molecule has 1 fully saturated rings. The monoisotopic (exact) mass is 444 g/mol. The molecule has 5 nitrogen and oxygen atoms in total. The highest BCUT2D eigenvalue weighted by molar-refractivity contribution is 5.82. The summed E-state index contributed by atoms with van der Waals surface area (Å²) < 4.78 is 42.1. The molecule has 0 radical (unpaired) electrons. The molecule has 1 aliphatic carbocycles. The molecule has 1 aromatic carbocycles. The second-order valence-corrected chi connectivity index (χ2v) is 8.12. The number of hydrogen-bond acceptors (Lipinski definition) is 2. The number of hydrogen-bond donors (Lipinski definition) is 1. The molecule has 0 aliphatic heterocycles. The minimum absolute atomic E-state index is 0.0386. The van der Waals surface area contributed by atoms with Crippen molar-refractivity contribution in [2.24, 2.45) is 5.92 Å². The minimum atomic E-state index is -4.51. The first kappa shape index (κ1) is 21.9. The summed E-state index contributed by atoms with van der Waals surface area (Å²) in [6.07, 6.45) is 0.443. The summed E-state index contributed by atoms with van der Waals surface area (Å²) in [5.41, 5.74) is 2.03. The maximum Gasteiger partial charge on any atom is 0.416 e. The van der Waals surface area contributed by atoms with Crippen molar-refractivity contribution in [1.82, 2.24) is 9.30 Å². The molecule has 8 heteroatoms. The lowest BCUT2D eigenvalue weighted by molar-refractivity contribution is -0.138. The first-order chi connectivity index (χ1) is 15.2. The number of carbonyl (C=O) groups is 2. The van der Waals surface area contributed by atoms with E-state index in [9.17, 15) is 27.9 Å². The molecular formula is C24H23F3N2O3. The zero-order valence-corrected chi connectivity index (χ0v) is 17.5. The van der Waals surface area contributed by atoms with Crippen molar-refractivity contribution in [3.63, 3.8) is 0 Å². The minimum Gasteiger partial charge on any atom is -0.481 e. The van der Waals surface area contributed by atoms with E-state index in [0.717, 1.165) is 30.5 Å². The number of carboxylic acids is 1. The summed E-state index contributed by atoms with van der Waals surface area (Å²) in [6.45, 7) is 2.26. The van der Waals surface area contributed by atoms with Crippen molar-refractivity contribution in [2.45, 2.75) is 38.9 Å². The number of carboxylic acid groups (broad SMARTS) is 1. The van der Waals surface area contributed by atoms with E-state index >= 15 is 0 Å². The Bertz CT molecular complexity index is 1180. The van der Waals surface area contributed by atoms with E-state index in [2.05, 4.69) is 0 Å². The lowest BCUT2D eigenvalue weighted by Crippen LogP contribution is -2.31. The first-order valence-corrected chi connectivity index (χ1v) is 10.5. The van der Waals surface area contributed by atoms with E-state index in [1.807, 2.05) is 6.92 Å². The molecule has 1 amide bonds. The fourth-order valence-electron chi connectivity index (χ4n) is 4.00. The number of rotatable bonds is 7. The molecule has 3 aromatic rings. The van der Waals surface area contributed by atoms with Crippen LogP contribution >= 0.6 is 0 Å². The van der Waals surface area contributed by atoms with Crippen LogP contribution in [0.25, 0.3) is 16.6 Å². The smallest absolute Gasteiger partial charge is 0.416 e. The number of benzene rings is 1. The molecule has 2 heterocycles. The van der Waals surface area contributed by atoms with E-state index in [1.54, 1.807) is 39.9 Å². The molecule has 1 N–H and O–H groups in total. The number of fused-ring (bicyclic) bond motifs is 1. The lowest BCUT2D eigenvalue weighted by Gasteiger charge is -2.24. The van der Waals surface area contributed by atoms with Crippen molar-refractivity contribution in [3.8, 4) is 11.1 Å². The Morgan fingerprint density at radius 2 is 1.91 bits per heavy atom. The Morgan fingerprint density at radius 1 is 1.16 bits per heavy atom. The Kier molecular flexibility index (Phi) is 5.71. The van der Waals surface area contributed by atoms with Gasteiger partial charge in [0.15, 0.2) is 0 Å². The SMILES string of the molecule is CCN(Cc1cc(C(F)(F)F)ccc1-c1cc(CC(=O)O)c2cccn2c1)C(=O)C1CC1. The van der Waals surface area contributed by atoms with E-state index < -0.39 is 17.7 Å². The second-order valence-electron chi connectivity index (χ2n) is 8.12. The first-order valence-electron chi connectivity index (χ1n) is 10.5. The van der Waals surface area contributed by atoms with Gasteiger partial charge < -0.3 is 14.4 Å². The fraction of sp³-hybridized carbons (Fsp3) is 0.333. The van der Waals surface area contributed by atoms with Gasteiger partial charge in [0.1, 0.15) is 0 Å². The number of aliphatic carboxylic acids is 1. The van der Waals surface area contributed by atoms with Crippen molar-refractivity contribution in [1.29, 1.82) is 0 Å². The van der Waals surface area contributed by atoms with Crippen molar-refractivity contribution >= 4 is 17.4 Å². The van der Waals surface area contributed by atoms with Crippen LogP contribution < -0.4 is 0 Å². The Balaban J connectivity index is 1.82. The number of amides is 1. The summed E-state index contributed by atoms with van der Waals surface area (Å²) >= 11 is 0. The molecule has 0 atom stereocenters. The Labute approximate surface area is 183 Å². The predicted molar refractivity (Wildman–Crippen MR) is 113 cm³/mol. The number of pyridine rings is 1. The molecule has 1 aliphatic rings. The van der Waals surface area contributed by atoms with Crippen LogP contribution in [0, 0.1) is 5.92 Å². The summed E-state index contributed by atoms with van der Waals surface area (Å²) in [7, 11) is 0. The normalized spacial score (nSPS) is 14.0. The fourth-order valence-corrected chi connectivity index (χ4v) is 4.00. The van der Waals surface area contributed by atoms with Crippen molar-refractivity contribution in [2.75, 3.05) is 6.54 Å². The van der Waals surface area contributed by atoms with Gasteiger partial charge in [0.05, 0.1) is 12.0 Å². The van der Waals surface area contributed by atoms with Crippen LogP contribution in [0.5, 0.6) is 0 Å². The molecule has 0 unspecified atom stereocenters. The zero-order chi connectivity index (χ0) is 23.0. The molecule has 2 aromatic heterocycles. The van der Waals surface area contributed by atoms with Crippen molar-refractivity contribution < 1.29 is 27.9 Å². The molecule has 32 heavy (non-hydrogen) atoms. The van der Waals surface area contributed by atoms with Crippen LogP contribution in [0.3, 0.4) is 0 Å². The number of carbonyl (C=O) groups excluding carboxylic acids is 1. The molecular weight excluding hydrogens is 421 g/mol. The number of aromatic nitrogens is 1. The zero-order valence-electron chi connectivity index (χ0n) is 17.5. The van der Waals surface area contributed by atoms with Crippen LogP contribution in [-0.4, -0.2) is 32.8 Å². The van der Waals surface area contributed by atoms with Gasteiger partial charge in [-0.1, -0.05) is 6.07 Å². The van der Waals surface area contributed by atoms with Gasteiger partial charge in [0, 0.05) is 36.9 Å². The molecule has 168 valence electrons. The second kappa shape index (κ2) is 8.33. The lowest BCUT2D eigenvalue weighted by atomic mass is 9.96. The third kappa shape index (κ3) is 4.49. The topological polar surface area (TPSA) is 62.0 Å². The molecule has 4 rings (SSSR count). The van der Waals surface area contributed by atoms with Gasteiger partial charge in [-0.05, 0) is 72.4 Å². The van der Waals surface area contributed by atoms with E-state index in [1.165, 1.54) is 6.07 Å². The average Bonchev–Trinajstić information content (AvgIpc) is 3.47. The van der Waals surface area contributed by atoms with Crippen molar-refractivity contribution in [3.05, 3.63) is 65.5 Å². The van der Waals surface area contributed by atoms with Gasteiger partial charge in [-0.2, -0.15) is 13.2 Å². The summed E-state index contributed by atoms with van der Waals surface area (Å²) in [5, 5.41) is 9.30. The van der Waals surface area contributed by atoms with Gasteiger partial charge in [0.25, 0.3) is 0 Å². The molecule has 0 saturated heterocycles. The van der Waals surface area contributed by atoms with Gasteiger partial charge >= 0.3 is 12.1 Å². The quantitative estimate of drug-likeness (QED) is 0.557. The Hall–Kier alpha value is -3.29. The third-order valence-electron chi connectivity index (χ3n) is 5.78. The maximum atomic E-state index is 13.4. The van der Waals surface area contributed by atoms with Gasteiger partial charge in [0.2, 0.25) is 5.91 Å². The van der Waals surface area contributed by atoms with Crippen LogP contribution in [0.2, 0.25) is 0 Å². The number of alkyl halides is 3. The highest BCUT2D eigenvalue weighted by Gasteiger charge is 2.34. The maximum absolute atomic E-state index is 13.4. The van der Waals surface area contributed by atoms with Gasteiger partial charge in [-0.3, -0.25) is 9.59 Å². The summed E-state index contributed by atoms with van der Waals surface area (Å²) in [6, 6.07) is 8.80. The third-order valence-corrected chi connectivity index (χ3v) is 5.78. The average molecular weight is 444 g/mol. The van der Waals surface area contributed by atoms with E-state index in [-0.39, 0.29) is 24.8 Å². The summed E-state index contributed by atoms with van der Waals surface area (Å²) in [5.74, 6) is -1.07. The van der Waals surface area contributed by atoms with Crippen LogP contribution in [0.1, 0.15) is 36.5 Å². The number of nitrogens with zero attached hydrogens (tertiary/aromatic N) is 2. The predicted octanol–water partition coefficient (Wildman–Crippen LogP) is 5.01. The van der Waals surface area contributed by atoms with Crippen LogP contribution in [0.4, 0.5) is 13.2 Å². The van der Waals surface area contributed by atoms with Crippen LogP contribution in [0.15, 0.2) is 48.8 Å². The largest absolute Gasteiger partial charge is 0.481 e. The number of halogens is 3. The van der Waals surface area contributed by atoms with Crippen LogP contribution in [-0.2, 0) is 28.7 Å².